The summed E-state index contributed by atoms with van der Waals surface area (Å²) in [6.07, 6.45) is -0.521. The lowest BCUT2D eigenvalue weighted by molar-refractivity contribution is -0.114. The zero-order chi connectivity index (χ0) is 6.85. The van der Waals surface area contributed by atoms with Crippen LogP contribution in [0.15, 0.2) is 11.0 Å². The maximum atomic E-state index is 10.6. The number of carbonyl (C=O) groups excluding carboxylic acids is 1. The predicted molar refractivity (Wildman–Crippen MR) is 37.2 cm³/mol. The van der Waals surface area contributed by atoms with Crippen molar-refractivity contribution in [3.05, 3.63) is 11.0 Å². The number of hydrogen-bond acceptors (Lipinski definition) is 3. The van der Waals surface area contributed by atoms with Crippen LogP contribution in [0.25, 0.3) is 0 Å². The van der Waals surface area contributed by atoms with Crippen LogP contribution >= 0.6 is 11.8 Å². The van der Waals surface area contributed by atoms with Crippen molar-refractivity contribution in [2.45, 2.75) is 13.0 Å². The Morgan fingerprint density at radius 2 is 2.67 bits per heavy atom. The zero-order valence-electron chi connectivity index (χ0n) is 5.13. The molecule has 1 rings (SSSR count). The maximum absolute atomic E-state index is 10.6. The van der Waals surface area contributed by atoms with Crippen molar-refractivity contribution in [3.8, 4) is 0 Å². The average molecular weight is 144 g/mol. The summed E-state index contributed by atoms with van der Waals surface area (Å²) in [5.41, 5.74) is 0.556. The van der Waals surface area contributed by atoms with Crippen LogP contribution in [0.1, 0.15) is 6.92 Å². The summed E-state index contributed by atoms with van der Waals surface area (Å²) in [5, 5.41) is 10.8. The standard InChI is InChI=1S/C6H8O2S/c1-4(7)5-2-9-3-6(5)8/h2,6,8H,3H2,1H3. The van der Waals surface area contributed by atoms with Gasteiger partial charge in [0.2, 0.25) is 0 Å². The number of hydrogen-bond donors (Lipinski definition) is 1. The molecule has 3 heteroatoms. The zero-order valence-corrected chi connectivity index (χ0v) is 5.94. The van der Waals surface area contributed by atoms with E-state index < -0.39 is 6.10 Å². The minimum atomic E-state index is -0.521. The third kappa shape index (κ3) is 1.34. The first-order valence-corrected chi connectivity index (χ1v) is 3.77. The number of rotatable bonds is 1. The Balaban J connectivity index is 2.68. The Morgan fingerprint density at radius 3 is 2.89 bits per heavy atom. The first kappa shape index (κ1) is 6.83. The molecule has 1 aliphatic heterocycles. The highest BCUT2D eigenvalue weighted by Gasteiger charge is 2.19. The quantitative estimate of drug-likeness (QED) is 0.584. The molecule has 0 radical (unpaired) electrons. The van der Waals surface area contributed by atoms with Gasteiger partial charge in [0.25, 0.3) is 0 Å². The fourth-order valence-corrected chi connectivity index (χ4v) is 1.68. The van der Waals surface area contributed by atoms with Crippen molar-refractivity contribution >= 4 is 17.5 Å². The molecule has 0 bridgehead atoms. The molecule has 0 saturated heterocycles. The number of thioether (sulfide) groups is 1. The Hall–Kier alpha value is -0.280. The van der Waals surface area contributed by atoms with Crippen molar-refractivity contribution in [1.82, 2.24) is 0 Å². The van der Waals surface area contributed by atoms with Gasteiger partial charge >= 0.3 is 0 Å². The van der Waals surface area contributed by atoms with Crippen LogP contribution in [0.5, 0.6) is 0 Å². The molecule has 1 heterocycles. The summed E-state index contributed by atoms with van der Waals surface area (Å²) in [5.74, 6) is 0.613. The molecule has 9 heavy (non-hydrogen) atoms. The maximum Gasteiger partial charge on any atom is 0.158 e. The molecule has 0 saturated carbocycles. The Labute approximate surface area is 57.9 Å². The molecule has 0 aliphatic carbocycles. The minimum Gasteiger partial charge on any atom is -0.387 e. The van der Waals surface area contributed by atoms with Crippen molar-refractivity contribution in [2.24, 2.45) is 0 Å². The van der Waals surface area contributed by atoms with E-state index in [0.29, 0.717) is 11.3 Å². The van der Waals surface area contributed by atoms with E-state index in [1.165, 1.54) is 18.7 Å². The lowest BCUT2D eigenvalue weighted by Crippen LogP contribution is -2.13. The molecular formula is C6H8O2S. The number of ketones is 1. The molecule has 50 valence electrons. The van der Waals surface area contributed by atoms with Gasteiger partial charge in [0.15, 0.2) is 5.78 Å². The topological polar surface area (TPSA) is 37.3 Å². The lowest BCUT2D eigenvalue weighted by Gasteiger charge is -2.00. The molecule has 0 spiro atoms. The fourth-order valence-electron chi connectivity index (χ4n) is 0.715. The molecule has 1 atom stereocenters. The number of aliphatic hydroxyl groups is 1. The Morgan fingerprint density at radius 1 is 2.00 bits per heavy atom. The third-order valence-corrected chi connectivity index (χ3v) is 2.16. The summed E-state index contributed by atoms with van der Waals surface area (Å²) in [6, 6.07) is 0. The van der Waals surface area contributed by atoms with Gasteiger partial charge in [0.05, 0.1) is 6.10 Å². The van der Waals surface area contributed by atoms with Crippen molar-refractivity contribution in [1.29, 1.82) is 0 Å². The van der Waals surface area contributed by atoms with E-state index in [4.69, 9.17) is 5.11 Å². The van der Waals surface area contributed by atoms with Gasteiger partial charge in [0, 0.05) is 11.3 Å². The SMILES string of the molecule is CC(=O)C1=CSCC1O. The molecule has 0 aromatic rings. The van der Waals surface area contributed by atoms with E-state index in [1.54, 1.807) is 5.41 Å². The summed E-state index contributed by atoms with van der Waals surface area (Å²) in [4.78, 5) is 10.6. The van der Waals surface area contributed by atoms with Crippen molar-refractivity contribution in [2.75, 3.05) is 5.75 Å². The van der Waals surface area contributed by atoms with E-state index in [-0.39, 0.29) is 5.78 Å². The molecule has 0 fully saturated rings. The normalized spacial score (nSPS) is 26.0. The summed E-state index contributed by atoms with van der Waals surface area (Å²) >= 11 is 1.49. The number of carbonyl (C=O) groups is 1. The van der Waals surface area contributed by atoms with E-state index in [9.17, 15) is 4.79 Å². The molecule has 2 nitrogen and oxygen atoms in total. The van der Waals surface area contributed by atoms with Crippen molar-refractivity contribution < 1.29 is 9.90 Å². The second kappa shape index (κ2) is 2.54. The highest BCUT2D eigenvalue weighted by Crippen LogP contribution is 2.22. The van der Waals surface area contributed by atoms with Gasteiger partial charge < -0.3 is 5.11 Å². The van der Waals surface area contributed by atoms with Gasteiger partial charge in [-0.3, -0.25) is 4.79 Å². The second-order valence-corrected chi connectivity index (χ2v) is 2.88. The molecule has 0 aromatic carbocycles. The van der Waals surface area contributed by atoms with Gasteiger partial charge in [-0.15, -0.1) is 11.8 Å². The summed E-state index contributed by atoms with van der Waals surface area (Å²) in [7, 11) is 0. The summed E-state index contributed by atoms with van der Waals surface area (Å²) < 4.78 is 0. The highest BCUT2D eigenvalue weighted by molar-refractivity contribution is 8.02. The largest absolute Gasteiger partial charge is 0.387 e. The smallest absolute Gasteiger partial charge is 0.158 e. The molecule has 0 aromatic heterocycles. The molecule has 1 N–H and O–H groups in total. The van der Waals surface area contributed by atoms with E-state index >= 15 is 0 Å². The van der Waals surface area contributed by atoms with Crippen LogP contribution in [-0.2, 0) is 4.79 Å². The molecule has 1 unspecified atom stereocenters. The van der Waals surface area contributed by atoms with Crippen LogP contribution in [-0.4, -0.2) is 22.7 Å². The average Bonchev–Trinajstić information content (AvgIpc) is 2.13. The van der Waals surface area contributed by atoms with Crippen LogP contribution in [0.4, 0.5) is 0 Å². The predicted octanol–water partition coefficient (Wildman–Crippen LogP) is 0.567. The Kier molecular flexibility index (Phi) is 1.93. The van der Waals surface area contributed by atoms with E-state index in [2.05, 4.69) is 0 Å². The molecular weight excluding hydrogens is 136 g/mol. The third-order valence-electron chi connectivity index (χ3n) is 1.23. The first-order chi connectivity index (χ1) is 4.22. The highest BCUT2D eigenvalue weighted by atomic mass is 32.2. The minimum absolute atomic E-state index is 0.0208. The Bertz CT molecular complexity index is 162. The van der Waals surface area contributed by atoms with Crippen LogP contribution in [0.2, 0.25) is 0 Å². The van der Waals surface area contributed by atoms with Gasteiger partial charge in [-0.1, -0.05) is 0 Å². The monoisotopic (exact) mass is 144 g/mol. The van der Waals surface area contributed by atoms with E-state index in [1.807, 2.05) is 0 Å². The van der Waals surface area contributed by atoms with Gasteiger partial charge in [-0.05, 0) is 12.3 Å². The van der Waals surface area contributed by atoms with Gasteiger partial charge in [-0.25, -0.2) is 0 Å². The lowest BCUT2D eigenvalue weighted by atomic mass is 10.1. The van der Waals surface area contributed by atoms with E-state index in [0.717, 1.165) is 0 Å². The number of Topliss-reactive ketones (excluding diaryl/α,β-unsaturated/α-hetero) is 1. The second-order valence-electron chi connectivity index (χ2n) is 1.98. The van der Waals surface area contributed by atoms with Crippen LogP contribution < -0.4 is 0 Å². The summed E-state index contributed by atoms with van der Waals surface area (Å²) in [6.45, 7) is 1.47. The molecule has 1 aliphatic rings. The van der Waals surface area contributed by atoms with Crippen molar-refractivity contribution in [3.63, 3.8) is 0 Å². The fraction of sp³-hybridized carbons (Fsp3) is 0.500. The molecule has 0 amide bonds. The van der Waals surface area contributed by atoms with Gasteiger partial charge in [0.1, 0.15) is 0 Å². The first-order valence-electron chi connectivity index (χ1n) is 2.72. The van der Waals surface area contributed by atoms with Gasteiger partial charge in [-0.2, -0.15) is 0 Å². The van der Waals surface area contributed by atoms with Crippen LogP contribution in [0, 0.1) is 0 Å². The van der Waals surface area contributed by atoms with Crippen LogP contribution in [0.3, 0.4) is 0 Å². The number of aliphatic hydroxyl groups excluding tert-OH is 1.